The lowest BCUT2D eigenvalue weighted by Crippen LogP contribution is -2.29. The highest BCUT2D eigenvalue weighted by atomic mass is 79.9. The Labute approximate surface area is 140 Å². The zero-order valence-electron chi connectivity index (χ0n) is 12.0. The highest BCUT2D eigenvalue weighted by molar-refractivity contribution is 9.10. The minimum atomic E-state index is 0. The van der Waals surface area contributed by atoms with Crippen molar-refractivity contribution < 1.29 is 9.53 Å². The van der Waals surface area contributed by atoms with Crippen LogP contribution in [0.25, 0.3) is 0 Å². The molecule has 1 saturated heterocycles. The fraction of sp³-hybridized carbons (Fsp3) is 0.533. The average Bonchev–Trinajstić information content (AvgIpc) is 2.92. The third-order valence-corrected chi connectivity index (χ3v) is 4.06. The second kappa shape index (κ2) is 9.28. The van der Waals surface area contributed by atoms with Gasteiger partial charge in [-0.2, -0.15) is 0 Å². The Bertz CT molecular complexity index is 459. The van der Waals surface area contributed by atoms with E-state index in [0.717, 1.165) is 36.2 Å². The van der Waals surface area contributed by atoms with Gasteiger partial charge in [0, 0.05) is 24.0 Å². The van der Waals surface area contributed by atoms with E-state index in [0.29, 0.717) is 25.5 Å². The number of nitrogens with two attached hydrogens (primary N) is 1. The van der Waals surface area contributed by atoms with Gasteiger partial charge in [0.05, 0.1) is 6.61 Å². The third kappa shape index (κ3) is 5.85. The largest absolute Gasteiger partial charge is 0.494 e. The first-order valence-electron chi connectivity index (χ1n) is 7.05. The van der Waals surface area contributed by atoms with E-state index in [9.17, 15) is 4.79 Å². The lowest BCUT2D eigenvalue weighted by Gasteiger charge is -2.16. The predicted octanol–water partition coefficient (Wildman–Crippen LogP) is 2.84. The minimum absolute atomic E-state index is 0. The number of amides is 1. The predicted molar refractivity (Wildman–Crippen MR) is 89.9 cm³/mol. The first-order chi connectivity index (χ1) is 9.69. The average molecular weight is 378 g/mol. The molecule has 1 aliphatic rings. The summed E-state index contributed by atoms with van der Waals surface area (Å²) in [5.41, 5.74) is 5.63. The summed E-state index contributed by atoms with van der Waals surface area (Å²) < 4.78 is 6.62. The normalized spacial score (nSPS) is 17.4. The van der Waals surface area contributed by atoms with E-state index >= 15 is 0 Å². The van der Waals surface area contributed by atoms with Gasteiger partial charge in [-0.15, -0.1) is 12.4 Å². The van der Waals surface area contributed by atoms with Crippen molar-refractivity contribution >= 4 is 34.2 Å². The molecule has 2 N–H and O–H groups in total. The summed E-state index contributed by atoms with van der Waals surface area (Å²) in [7, 11) is 0. The smallest absolute Gasteiger partial charge is 0.222 e. The van der Waals surface area contributed by atoms with E-state index < -0.39 is 0 Å². The molecule has 0 saturated carbocycles. The Kier molecular flexibility index (Phi) is 8.07. The minimum Gasteiger partial charge on any atom is -0.494 e. The number of hydrogen-bond donors (Lipinski definition) is 1. The van der Waals surface area contributed by atoms with E-state index in [-0.39, 0.29) is 18.3 Å². The van der Waals surface area contributed by atoms with Crippen LogP contribution in [0.1, 0.15) is 19.3 Å². The summed E-state index contributed by atoms with van der Waals surface area (Å²) in [5.74, 6) is 1.53. The van der Waals surface area contributed by atoms with Gasteiger partial charge in [-0.05, 0) is 43.5 Å². The van der Waals surface area contributed by atoms with E-state index in [1.807, 2.05) is 29.2 Å². The van der Waals surface area contributed by atoms with Crippen LogP contribution in [-0.2, 0) is 4.79 Å². The quantitative estimate of drug-likeness (QED) is 0.776. The number of ether oxygens (including phenoxy) is 1. The molecule has 1 aliphatic heterocycles. The Balaban J connectivity index is 0.00000220. The van der Waals surface area contributed by atoms with Crippen molar-refractivity contribution in [2.45, 2.75) is 19.3 Å². The van der Waals surface area contributed by atoms with Crippen molar-refractivity contribution in [2.24, 2.45) is 11.7 Å². The maximum absolute atomic E-state index is 12.0. The number of halogens is 2. The summed E-state index contributed by atoms with van der Waals surface area (Å²) in [6.45, 7) is 2.92. The van der Waals surface area contributed by atoms with Crippen molar-refractivity contribution in [1.29, 1.82) is 0 Å². The van der Waals surface area contributed by atoms with Gasteiger partial charge in [0.1, 0.15) is 5.75 Å². The fourth-order valence-corrected chi connectivity index (χ4v) is 2.76. The Morgan fingerprint density at radius 1 is 1.48 bits per heavy atom. The maximum atomic E-state index is 12.0. The van der Waals surface area contributed by atoms with Gasteiger partial charge >= 0.3 is 0 Å². The SMILES string of the molecule is Cl.NCC1CCN(C(=O)CCCOc2cccc(Br)c2)C1. The number of carbonyl (C=O) groups excluding carboxylic acids is 1. The van der Waals surface area contributed by atoms with Crippen molar-refractivity contribution in [1.82, 2.24) is 4.90 Å². The molecule has 1 amide bonds. The van der Waals surface area contributed by atoms with Crippen molar-refractivity contribution in [3.8, 4) is 5.75 Å². The topological polar surface area (TPSA) is 55.6 Å². The van der Waals surface area contributed by atoms with Crippen molar-refractivity contribution in [3.05, 3.63) is 28.7 Å². The van der Waals surface area contributed by atoms with Crippen LogP contribution in [0.5, 0.6) is 5.75 Å². The first-order valence-corrected chi connectivity index (χ1v) is 7.84. The number of likely N-dealkylation sites (tertiary alicyclic amines) is 1. The molecule has 118 valence electrons. The molecule has 1 aromatic carbocycles. The van der Waals surface area contributed by atoms with E-state index in [2.05, 4.69) is 15.9 Å². The summed E-state index contributed by atoms with van der Waals surface area (Å²) in [4.78, 5) is 13.9. The summed E-state index contributed by atoms with van der Waals surface area (Å²) in [6, 6.07) is 7.73. The molecule has 1 aromatic rings. The molecular weight excluding hydrogens is 356 g/mol. The monoisotopic (exact) mass is 376 g/mol. The van der Waals surface area contributed by atoms with Gasteiger partial charge in [0.2, 0.25) is 5.91 Å². The lowest BCUT2D eigenvalue weighted by molar-refractivity contribution is -0.130. The lowest BCUT2D eigenvalue weighted by atomic mass is 10.1. The van der Waals surface area contributed by atoms with Crippen LogP contribution in [0.2, 0.25) is 0 Å². The zero-order chi connectivity index (χ0) is 14.4. The Hall–Kier alpha value is -0.780. The van der Waals surface area contributed by atoms with Crippen molar-refractivity contribution in [3.63, 3.8) is 0 Å². The van der Waals surface area contributed by atoms with Gasteiger partial charge in [0.25, 0.3) is 0 Å². The van der Waals surface area contributed by atoms with E-state index in [1.54, 1.807) is 0 Å². The van der Waals surface area contributed by atoms with Crippen LogP contribution in [0.3, 0.4) is 0 Å². The van der Waals surface area contributed by atoms with Crippen LogP contribution < -0.4 is 10.5 Å². The maximum Gasteiger partial charge on any atom is 0.222 e. The molecule has 0 radical (unpaired) electrons. The van der Waals surface area contributed by atoms with Crippen LogP contribution in [0.15, 0.2) is 28.7 Å². The standard InChI is InChI=1S/C15H21BrN2O2.ClH/c16-13-3-1-4-14(9-13)20-8-2-5-15(19)18-7-6-12(10-17)11-18;/h1,3-4,9,12H,2,5-8,10-11,17H2;1H. The van der Waals surface area contributed by atoms with Gasteiger partial charge in [0.15, 0.2) is 0 Å². The molecule has 0 spiro atoms. The van der Waals surface area contributed by atoms with Gasteiger partial charge in [-0.25, -0.2) is 0 Å². The van der Waals surface area contributed by atoms with Gasteiger partial charge in [-0.1, -0.05) is 22.0 Å². The third-order valence-electron chi connectivity index (χ3n) is 3.57. The van der Waals surface area contributed by atoms with Crippen molar-refractivity contribution in [2.75, 3.05) is 26.2 Å². The molecule has 1 heterocycles. The molecule has 21 heavy (non-hydrogen) atoms. The number of benzene rings is 1. The number of rotatable bonds is 6. The van der Waals surface area contributed by atoms with Gasteiger partial charge < -0.3 is 15.4 Å². The van der Waals surface area contributed by atoms with Crippen LogP contribution in [0, 0.1) is 5.92 Å². The van der Waals surface area contributed by atoms with Crippen LogP contribution in [0.4, 0.5) is 0 Å². The molecule has 2 rings (SSSR count). The molecule has 4 nitrogen and oxygen atoms in total. The Morgan fingerprint density at radius 2 is 2.29 bits per heavy atom. The van der Waals surface area contributed by atoms with E-state index in [4.69, 9.17) is 10.5 Å². The van der Waals surface area contributed by atoms with Crippen LogP contribution in [-0.4, -0.2) is 37.0 Å². The number of carbonyl (C=O) groups is 1. The molecular formula is C15H22BrClN2O2. The summed E-state index contributed by atoms with van der Waals surface area (Å²) >= 11 is 3.40. The highest BCUT2D eigenvalue weighted by Crippen LogP contribution is 2.19. The fourth-order valence-electron chi connectivity index (χ4n) is 2.38. The molecule has 0 aromatic heterocycles. The second-order valence-corrected chi connectivity index (χ2v) is 6.06. The van der Waals surface area contributed by atoms with Crippen LogP contribution >= 0.6 is 28.3 Å². The molecule has 6 heteroatoms. The molecule has 0 aliphatic carbocycles. The Morgan fingerprint density at radius 3 is 2.95 bits per heavy atom. The van der Waals surface area contributed by atoms with Gasteiger partial charge in [-0.3, -0.25) is 4.79 Å². The molecule has 1 atom stereocenters. The second-order valence-electron chi connectivity index (χ2n) is 5.14. The summed E-state index contributed by atoms with van der Waals surface area (Å²) in [5, 5.41) is 0. The summed E-state index contributed by atoms with van der Waals surface area (Å²) in [6.07, 6.45) is 2.33. The molecule has 0 bridgehead atoms. The number of hydrogen-bond acceptors (Lipinski definition) is 3. The zero-order valence-corrected chi connectivity index (χ0v) is 14.4. The molecule has 1 unspecified atom stereocenters. The number of nitrogens with zero attached hydrogens (tertiary/aromatic N) is 1. The molecule has 1 fully saturated rings. The highest BCUT2D eigenvalue weighted by Gasteiger charge is 2.24. The van der Waals surface area contributed by atoms with E-state index in [1.165, 1.54) is 0 Å². The first kappa shape index (κ1) is 18.3.